The van der Waals surface area contributed by atoms with Crippen molar-refractivity contribution in [2.75, 3.05) is 6.54 Å². The van der Waals surface area contributed by atoms with Crippen molar-refractivity contribution in [1.29, 1.82) is 0 Å². The monoisotopic (exact) mass is 281 g/mol. The molecule has 1 saturated heterocycles. The lowest BCUT2D eigenvalue weighted by molar-refractivity contribution is 0.0224. The molecule has 20 heavy (non-hydrogen) atoms. The highest BCUT2D eigenvalue weighted by Gasteiger charge is 2.36. The Morgan fingerprint density at radius 2 is 2.15 bits per heavy atom. The van der Waals surface area contributed by atoms with E-state index in [0.717, 1.165) is 12.2 Å². The number of carbonyl (C=O) groups is 1. The molecule has 0 saturated carbocycles. The van der Waals surface area contributed by atoms with Gasteiger partial charge in [-0.15, -0.1) is 0 Å². The number of rotatable bonds is 2. The number of nitrogens with zero attached hydrogens (tertiary/aromatic N) is 3. The molecule has 2 atom stereocenters. The Morgan fingerprint density at radius 3 is 2.70 bits per heavy atom. The fourth-order valence-electron chi connectivity index (χ4n) is 2.29. The third kappa shape index (κ3) is 3.65. The van der Waals surface area contributed by atoms with Gasteiger partial charge >= 0.3 is 6.09 Å². The summed E-state index contributed by atoms with van der Waals surface area (Å²) in [5, 5.41) is 4.07. The van der Waals surface area contributed by atoms with Crippen molar-refractivity contribution >= 4 is 6.09 Å². The van der Waals surface area contributed by atoms with Crippen LogP contribution in [0, 0.1) is 0 Å². The Balaban J connectivity index is 1.93. The maximum Gasteiger partial charge on any atom is 0.410 e. The molecule has 0 radical (unpaired) electrons. The topological polar surface area (TPSA) is 56.6 Å². The minimum atomic E-state index is -0.473. The average Bonchev–Trinajstić information content (AvgIpc) is 2.83. The summed E-state index contributed by atoms with van der Waals surface area (Å²) in [7, 11) is 1.84. The van der Waals surface area contributed by atoms with Gasteiger partial charge < -0.3 is 14.4 Å². The first-order chi connectivity index (χ1) is 9.24. The lowest BCUT2D eigenvalue weighted by Gasteiger charge is -2.26. The average molecular weight is 281 g/mol. The van der Waals surface area contributed by atoms with E-state index in [1.807, 2.05) is 40.9 Å². The minimum Gasteiger partial charge on any atom is -0.485 e. The van der Waals surface area contributed by atoms with E-state index in [1.54, 1.807) is 15.8 Å². The first-order valence-electron chi connectivity index (χ1n) is 6.89. The predicted molar refractivity (Wildman–Crippen MR) is 74.6 cm³/mol. The number of carbonyl (C=O) groups excluding carboxylic acids is 1. The molecule has 2 rings (SSSR count). The van der Waals surface area contributed by atoms with Crippen LogP contribution in [0.1, 0.15) is 34.1 Å². The van der Waals surface area contributed by atoms with Gasteiger partial charge in [0.25, 0.3) is 0 Å². The fraction of sp³-hybridized carbons (Fsp3) is 0.714. The second kappa shape index (κ2) is 5.34. The van der Waals surface area contributed by atoms with Crippen molar-refractivity contribution in [1.82, 2.24) is 14.7 Å². The number of hydrogen-bond acceptors (Lipinski definition) is 4. The van der Waals surface area contributed by atoms with Gasteiger partial charge in [-0.1, -0.05) is 0 Å². The zero-order valence-corrected chi connectivity index (χ0v) is 12.8. The molecule has 0 aromatic carbocycles. The third-order valence-electron chi connectivity index (χ3n) is 3.15. The molecule has 1 aromatic rings. The van der Waals surface area contributed by atoms with Gasteiger partial charge in [0.2, 0.25) is 0 Å². The summed E-state index contributed by atoms with van der Waals surface area (Å²) in [6.07, 6.45) is 4.01. The van der Waals surface area contributed by atoms with E-state index in [0.29, 0.717) is 6.54 Å². The van der Waals surface area contributed by atoms with Crippen LogP contribution >= 0.6 is 0 Å². The maximum absolute atomic E-state index is 12.1. The number of ether oxygens (including phenoxy) is 2. The highest BCUT2D eigenvalue weighted by atomic mass is 16.6. The smallest absolute Gasteiger partial charge is 0.410 e. The van der Waals surface area contributed by atoms with Crippen molar-refractivity contribution in [2.24, 2.45) is 7.05 Å². The lowest BCUT2D eigenvalue weighted by atomic mass is 10.2. The number of hydrogen-bond donors (Lipinski definition) is 0. The van der Waals surface area contributed by atoms with E-state index in [2.05, 4.69) is 5.10 Å². The van der Waals surface area contributed by atoms with Gasteiger partial charge in [0.1, 0.15) is 11.7 Å². The van der Waals surface area contributed by atoms with Crippen molar-refractivity contribution in [3.63, 3.8) is 0 Å². The van der Waals surface area contributed by atoms with E-state index < -0.39 is 5.60 Å². The van der Waals surface area contributed by atoms with Gasteiger partial charge in [-0.2, -0.15) is 5.10 Å². The molecular weight excluding hydrogens is 258 g/mol. The summed E-state index contributed by atoms with van der Waals surface area (Å²) >= 11 is 0. The second-order valence-corrected chi connectivity index (χ2v) is 6.31. The van der Waals surface area contributed by atoms with Crippen molar-refractivity contribution in [3.05, 3.63) is 12.4 Å². The molecule has 1 amide bonds. The van der Waals surface area contributed by atoms with Gasteiger partial charge in [0.15, 0.2) is 5.75 Å². The quantitative estimate of drug-likeness (QED) is 0.834. The second-order valence-electron chi connectivity index (χ2n) is 6.31. The number of aromatic nitrogens is 2. The number of likely N-dealkylation sites (tertiary alicyclic amines) is 1. The minimum absolute atomic E-state index is 0.0123. The van der Waals surface area contributed by atoms with Gasteiger partial charge in [0, 0.05) is 19.5 Å². The van der Waals surface area contributed by atoms with Crippen LogP contribution in [0.25, 0.3) is 0 Å². The van der Waals surface area contributed by atoms with E-state index in [1.165, 1.54) is 0 Å². The Morgan fingerprint density at radius 1 is 1.45 bits per heavy atom. The van der Waals surface area contributed by atoms with Gasteiger partial charge in [-0.05, 0) is 27.7 Å². The molecule has 6 nitrogen and oxygen atoms in total. The Hall–Kier alpha value is -1.72. The van der Waals surface area contributed by atoms with Gasteiger partial charge in [-0.25, -0.2) is 4.79 Å². The Labute approximate surface area is 119 Å². The molecule has 1 aliphatic rings. The largest absolute Gasteiger partial charge is 0.485 e. The predicted octanol–water partition coefficient (Wildman–Crippen LogP) is 2.20. The summed E-state index contributed by atoms with van der Waals surface area (Å²) in [6.45, 7) is 8.17. The summed E-state index contributed by atoms with van der Waals surface area (Å²) in [4.78, 5) is 13.8. The maximum atomic E-state index is 12.1. The highest BCUT2D eigenvalue weighted by molar-refractivity contribution is 5.69. The first kappa shape index (κ1) is 14.7. The van der Waals surface area contributed by atoms with E-state index in [9.17, 15) is 4.79 Å². The Kier molecular flexibility index (Phi) is 3.92. The van der Waals surface area contributed by atoms with Crippen LogP contribution in [0.2, 0.25) is 0 Å². The van der Waals surface area contributed by atoms with Crippen molar-refractivity contribution in [3.8, 4) is 5.75 Å². The molecule has 1 aromatic heterocycles. The van der Waals surface area contributed by atoms with E-state index >= 15 is 0 Å². The normalized spacial score (nSPS) is 22.9. The molecule has 6 heteroatoms. The van der Waals surface area contributed by atoms with Crippen LogP contribution in [0.4, 0.5) is 4.79 Å². The molecular formula is C14H23N3O3. The van der Waals surface area contributed by atoms with Crippen LogP contribution in [-0.2, 0) is 11.8 Å². The fourth-order valence-corrected chi connectivity index (χ4v) is 2.29. The third-order valence-corrected chi connectivity index (χ3v) is 3.15. The van der Waals surface area contributed by atoms with Gasteiger partial charge in [-0.3, -0.25) is 4.68 Å². The molecule has 0 spiro atoms. The molecule has 0 aliphatic carbocycles. The molecule has 1 aliphatic heterocycles. The molecule has 1 fully saturated rings. The number of amides is 1. The van der Waals surface area contributed by atoms with E-state index in [4.69, 9.17) is 9.47 Å². The van der Waals surface area contributed by atoms with Crippen LogP contribution in [0.3, 0.4) is 0 Å². The first-order valence-corrected chi connectivity index (χ1v) is 6.89. The van der Waals surface area contributed by atoms with Crippen LogP contribution in [0.5, 0.6) is 5.75 Å². The zero-order chi connectivity index (χ0) is 14.9. The molecule has 0 bridgehead atoms. The lowest BCUT2D eigenvalue weighted by Crippen LogP contribution is -2.39. The van der Waals surface area contributed by atoms with Crippen molar-refractivity contribution in [2.45, 2.75) is 51.9 Å². The Bertz CT molecular complexity index is 478. The number of aryl methyl sites for hydroxylation is 1. The molecule has 0 unspecified atom stereocenters. The van der Waals surface area contributed by atoms with Crippen LogP contribution < -0.4 is 4.74 Å². The van der Waals surface area contributed by atoms with E-state index in [-0.39, 0.29) is 18.2 Å². The van der Waals surface area contributed by atoms with Crippen LogP contribution in [0.15, 0.2) is 12.4 Å². The summed E-state index contributed by atoms with van der Waals surface area (Å²) in [5.74, 6) is 0.732. The summed E-state index contributed by atoms with van der Waals surface area (Å²) in [6, 6.07) is 0.117. The zero-order valence-electron chi connectivity index (χ0n) is 12.8. The standard InChI is InChI=1S/C14H23N3O3/c1-10-6-11(19-12-7-15-16(5)8-12)9-17(10)13(18)20-14(2,3)4/h7-8,10-11H,6,9H2,1-5H3/t10-,11-/m0/s1. The highest BCUT2D eigenvalue weighted by Crippen LogP contribution is 2.24. The van der Waals surface area contributed by atoms with Crippen LogP contribution in [-0.4, -0.2) is 45.1 Å². The SMILES string of the molecule is C[C@H]1C[C@H](Oc2cnn(C)c2)CN1C(=O)OC(C)(C)C. The molecule has 2 heterocycles. The molecule has 112 valence electrons. The summed E-state index contributed by atoms with van der Waals surface area (Å²) in [5.41, 5.74) is -0.473. The summed E-state index contributed by atoms with van der Waals surface area (Å²) < 4.78 is 12.9. The van der Waals surface area contributed by atoms with Crippen molar-refractivity contribution < 1.29 is 14.3 Å². The van der Waals surface area contributed by atoms with Gasteiger partial charge in [0.05, 0.1) is 18.9 Å². The molecule has 0 N–H and O–H groups in total.